The molecule has 1 atom stereocenters. The Morgan fingerprint density at radius 2 is 1.80 bits per heavy atom. The summed E-state index contributed by atoms with van der Waals surface area (Å²) in [6, 6.07) is 12.4. The first kappa shape index (κ1) is 26.8. The zero-order chi connectivity index (χ0) is 24.6. The molecule has 10 nitrogen and oxygen atoms in total. The van der Waals surface area contributed by atoms with E-state index in [1.807, 2.05) is 0 Å². The van der Waals surface area contributed by atoms with Crippen molar-refractivity contribution >= 4 is 48.5 Å². The summed E-state index contributed by atoms with van der Waals surface area (Å²) in [7, 11) is -3.78. The Morgan fingerprint density at radius 1 is 1.09 bits per heavy atom. The summed E-state index contributed by atoms with van der Waals surface area (Å²) in [6.07, 6.45) is 0. The Hall–Kier alpha value is -2.84. The van der Waals surface area contributed by atoms with Crippen LogP contribution in [0.5, 0.6) is 5.75 Å². The van der Waals surface area contributed by atoms with Crippen molar-refractivity contribution in [2.45, 2.75) is 0 Å². The summed E-state index contributed by atoms with van der Waals surface area (Å²) in [4.78, 5) is 36.1. The Balaban J connectivity index is 0.00000342. The fourth-order valence-corrected chi connectivity index (χ4v) is 4.31. The number of hydrogen-bond donors (Lipinski definition) is 3. The minimum absolute atomic E-state index is 0. The number of phenols is 1. The number of amides is 1. The van der Waals surface area contributed by atoms with Crippen LogP contribution in [-0.2, 0) is 29.1 Å². The summed E-state index contributed by atoms with van der Waals surface area (Å²) in [5.74, 6) is -2.99. The van der Waals surface area contributed by atoms with Crippen molar-refractivity contribution in [3.8, 4) is 28.2 Å². The zero-order valence-corrected chi connectivity index (χ0v) is 21.6. The summed E-state index contributed by atoms with van der Waals surface area (Å²) >= 11 is 4.39. The molecule has 0 saturated carbocycles. The molecule has 4 rings (SSSR count). The van der Waals surface area contributed by atoms with Crippen LogP contribution in [0.25, 0.3) is 33.4 Å². The van der Waals surface area contributed by atoms with E-state index in [2.05, 4.69) is 20.8 Å². The number of phenolic OH excluding ortho intramolecular Hbond substituents is 1. The van der Waals surface area contributed by atoms with E-state index in [1.165, 1.54) is 48.5 Å². The van der Waals surface area contributed by atoms with Crippen LogP contribution in [0, 0.1) is 0 Å². The van der Waals surface area contributed by atoms with Crippen LogP contribution in [0.2, 0.25) is 0 Å². The van der Waals surface area contributed by atoms with E-state index in [4.69, 9.17) is 4.42 Å². The van der Waals surface area contributed by atoms with Crippen LogP contribution >= 0.6 is 0 Å². The minimum Gasteiger partial charge on any atom is -0.709 e. The second-order valence-corrected chi connectivity index (χ2v) is 10.3. The molecule has 1 unspecified atom stereocenters. The van der Waals surface area contributed by atoms with Crippen molar-refractivity contribution in [3.05, 3.63) is 70.4 Å². The van der Waals surface area contributed by atoms with Crippen molar-refractivity contribution in [1.82, 2.24) is 0 Å². The Morgan fingerprint density at radius 3 is 2.49 bits per heavy atom. The van der Waals surface area contributed by atoms with Gasteiger partial charge in [-0.05, 0) is 42.0 Å². The van der Waals surface area contributed by atoms with Gasteiger partial charge in [0, 0.05) is 45.5 Å². The molecule has 3 N–H and O–H groups in total. The largest absolute Gasteiger partial charge is 1.00 e. The number of benzene rings is 3. The first-order valence-electron chi connectivity index (χ1n) is 9.49. The number of hydrogen-bond acceptors (Lipinski definition) is 9. The van der Waals surface area contributed by atoms with E-state index in [0.29, 0.717) is 16.5 Å². The van der Waals surface area contributed by atoms with Crippen molar-refractivity contribution in [2.75, 3.05) is 11.1 Å². The first-order chi connectivity index (χ1) is 16.1. The van der Waals surface area contributed by atoms with Gasteiger partial charge in [0.15, 0.2) is 5.43 Å². The van der Waals surface area contributed by atoms with Gasteiger partial charge < -0.3 is 29.5 Å². The smallest absolute Gasteiger partial charge is 0.709 e. The molecule has 0 bridgehead atoms. The van der Waals surface area contributed by atoms with Crippen molar-refractivity contribution < 1.29 is 67.6 Å². The first-order valence-corrected chi connectivity index (χ1v) is 12.1. The van der Waals surface area contributed by atoms with Gasteiger partial charge in [-0.1, -0.05) is 6.07 Å². The fourth-order valence-electron chi connectivity index (χ4n) is 3.55. The molecule has 1 aliphatic heterocycles. The van der Waals surface area contributed by atoms with E-state index in [1.54, 1.807) is 6.07 Å². The van der Waals surface area contributed by atoms with Gasteiger partial charge in [-0.2, -0.15) is 0 Å². The molecule has 35 heavy (non-hydrogen) atoms. The summed E-state index contributed by atoms with van der Waals surface area (Å²) in [5.41, 5.74) is 0.880. The van der Waals surface area contributed by atoms with E-state index < -0.39 is 26.4 Å². The van der Waals surface area contributed by atoms with Gasteiger partial charge in [-0.3, -0.25) is 9.59 Å². The zero-order valence-electron chi connectivity index (χ0n) is 18.0. The van der Waals surface area contributed by atoms with Crippen molar-refractivity contribution in [2.24, 2.45) is 0 Å². The van der Waals surface area contributed by atoms with Crippen LogP contribution in [0.4, 0.5) is 5.69 Å². The molecule has 13 heteroatoms. The number of aromatic carboxylic acids is 1. The van der Waals surface area contributed by atoms with E-state index in [-0.39, 0.29) is 68.9 Å². The number of carbonyl (C=O) groups is 2. The number of nitrogens with one attached hydrogen (secondary N) is 1. The third-order valence-electron chi connectivity index (χ3n) is 4.89. The molecule has 2 aromatic rings. The van der Waals surface area contributed by atoms with Gasteiger partial charge in [-0.15, -0.1) is 0 Å². The number of carbonyl (C=O) groups excluding carboxylic acids is 1. The van der Waals surface area contributed by atoms with Crippen LogP contribution < -0.4 is 45.6 Å². The molecule has 2 aliphatic rings. The molecule has 0 saturated heterocycles. The van der Waals surface area contributed by atoms with Crippen LogP contribution in [-0.4, -0.2) is 32.1 Å². The van der Waals surface area contributed by atoms with Gasteiger partial charge in [0.25, 0.3) is 0 Å². The second kappa shape index (κ2) is 10.4. The average molecular weight is 523 g/mol. The maximum Gasteiger partial charge on any atom is 1.00 e. The number of anilines is 1. The molecule has 0 radical (unpaired) electrons. The summed E-state index contributed by atoms with van der Waals surface area (Å²) < 4.78 is 20.7. The summed E-state index contributed by atoms with van der Waals surface area (Å²) in [6.45, 7) is 0. The maximum absolute atomic E-state index is 12.1. The third kappa shape index (κ3) is 5.70. The Kier molecular flexibility index (Phi) is 7.97. The molecule has 1 amide bonds. The predicted molar refractivity (Wildman–Crippen MR) is 123 cm³/mol. The number of fused-ring (bicyclic) bond motifs is 2. The van der Waals surface area contributed by atoms with Gasteiger partial charge in [0.05, 0.1) is 5.56 Å². The third-order valence-corrected chi connectivity index (χ3v) is 6.23. The van der Waals surface area contributed by atoms with Gasteiger partial charge in [0.2, 0.25) is 5.91 Å². The van der Waals surface area contributed by atoms with Crippen LogP contribution in [0.15, 0.2) is 63.8 Å². The molecule has 1 aliphatic carbocycles. The Labute approximate surface area is 224 Å². The molecule has 1 heterocycles. The van der Waals surface area contributed by atoms with Gasteiger partial charge >= 0.3 is 35.5 Å². The molecule has 0 fully saturated rings. The van der Waals surface area contributed by atoms with E-state index in [0.717, 1.165) is 0 Å². The SMILES string of the molecule is O=C(CS(=O)(=S)O[O-])Nc1ccc(-c2c3ccc(=O)cc-3oc3cc(O)ccc23)c(C(=O)O)c1.[Na+]. The number of aromatic hydroxyl groups is 1. The van der Waals surface area contributed by atoms with E-state index >= 15 is 0 Å². The predicted octanol–water partition coefficient (Wildman–Crippen LogP) is -1.14. The average Bonchev–Trinajstić information content (AvgIpc) is 2.77. The monoisotopic (exact) mass is 523 g/mol. The second-order valence-electron chi connectivity index (χ2n) is 7.20. The van der Waals surface area contributed by atoms with Gasteiger partial charge in [-0.25, -0.2) is 9.00 Å². The van der Waals surface area contributed by atoms with Crippen molar-refractivity contribution in [3.63, 3.8) is 0 Å². The topological polar surface area (TPSA) is 166 Å². The van der Waals surface area contributed by atoms with Crippen molar-refractivity contribution in [1.29, 1.82) is 0 Å². The number of carboxylic acid groups (broad SMARTS) is 1. The van der Waals surface area contributed by atoms with Crippen LogP contribution in [0.3, 0.4) is 0 Å². The molecule has 2 aromatic carbocycles. The number of carboxylic acids is 1. The normalized spacial score (nSPS) is 12.6. The minimum atomic E-state index is -3.78. The fraction of sp³-hybridized carbons (Fsp3) is 0.0455. The molecule has 0 spiro atoms. The van der Waals surface area contributed by atoms with Gasteiger partial charge in [0.1, 0.15) is 31.6 Å². The maximum atomic E-state index is 12.1. The summed E-state index contributed by atoms with van der Waals surface area (Å²) in [5, 5.41) is 32.9. The van der Waals surface area contributed by atoms with E-state index in [9.17, 15) is 34.1 Å². The molecule has 174 valence electrons. The number of rotatable bonds is 6. The standard InChI is InChI=1S/C22H15NO9S2.Na/c24-12-2-5-15-18(8-12)31-19-9-13(25)3-6-16(19)21(15)14-4-1-11(7-17(14)22(27)28)23-20(26)10-34(30,33)32-29;/h1-9,24,29H,10H2,(H,23,26)(H,27,28);/q;+1/p-1. The Bertz CT molecular complexity index is 1600. The van der Waals surface area contributed by atoms with Crippen LogP contribution in [0.1, 0.15) is 10.4 Å². The molecular weight excluding hydrogens is 509 g/mol. The molecular formula is C22H14NNaO9S2. The molecule has 0 aromatic heterocycles. The quantitative estimate of drug-likeness (QED) is 0.122.